The number of carbonyl (C=O) groups is 2. The zero-order valence-corrected chi connectivity index (χ0v) is 12.6. The molecule has 5 nitrogen and oxygen atoms in total. The Morgan fingerprint density at radius 2 is 2.00 bits per heavy atom. The zero-order valence-electron chi connectivity index (χ0n) is 12.6. The number of nitrogens with zero attached hydrogens (tertiary/aromatic N) is 2. The molecule has 1 heterocycles. The van der Waals surface area contributed by atoms with Crippen molar-refractivity contribution in [1.29, 1.82) is 0 Å². The summed E-state index contributed by atoms with van der Waals surface area (Å²) in [4.78, 5) is 26.7. The van der Waals surface area contributed by atoms with Gasteiger partial charge in [-0.2, -0.15) is 0 Å². The summed E-state index contributed by atoms with van der Waals surface area (Å²) in [5, 5.41) is 8.94. The monoisotopic (exact) mass is 290 g/mol. The molecule has 0 saturated carbocycles. The van der Waals surface area contributed by atoms with Gasteiger partial charge in [0.15, 0.2) is 0 Å². The van der Waals surface area contributed by atoms with Crippen LogP contribution in [0.25, 0.3) is 0 Å². The summed E-state index contributed by atoms with van der Waals surface area (Å²) in [6.45, 7) is 2.72. The molecular formula is C16H22N2O3. The Balaban J connectivity index is 2.08. The van der Waals surface area contributed by atoms with Crippen LogP contribution in [0.2, 0.25) is 0 Å². The third-order valence-electron chi connectivity index (χ3n) is 4.05. The fourth-order valence-corrected chi connectivity index (χ4v) is 2.76. The minimum absolute atomic E-state index is 0.0222. The molecule has 1 fully saturated rings. The first-order chi connectivity index (χ1) is 10.0. The fraction of sp³-hybridized carbons (Fsp3) is 0.500. The second kappa shape index (κ2) is 6.61. The number of carboxylic acid groups (broad SMARTS) is 1. The van der Waals surface area contributed by atoms with E-state index in [0.717, 1.165) is 24.9 Å². The Hall–Kier alpha value is -2.04. The third kappa shape index (κ3) is 3.54. The highest BCUT2D eigenvalue weighted by Crippen LogP contribution is 2.24. The van der Waals surface area contributed by atoms with E-state index in [1.165, 1.54) is 5.56 Å². The Morgan fingerprint density at radius 3 is 2.57 bits per heavy atom. The molecule has 1 atom stereocenters. The SMILES string of the molecule is CCc1ccc(N(C)C(=O)N2CCCC2CC(=O)O)cc1. The number of carboxylic acids is 1. The van der Waals surface area contributed by atoms with E-state index in [2.05, 4.69) is 6.92 Å². The predicted molar refractivity (Wildman–Crippen MR) is 81.6 cm³/mol. The highest BCUT2D eigenvalue weighted by atomic mass is 16.4. The molecule has 2 rings (SSSR count). The van der Waals surface area contributed by atoms with Gasteiger partial charge in [0.2, 0.25) is 0 Å². The maximum Gasteiger partial charge on any atom is 0.324 e. The van der Waals surface area contributed by atoms with E-state index < -0.39 is 5.97 Å². The lowest BCUT2D eigenvalue weighted by Gasteiger charge is -2.29. The number of aliphatic carboxylic acids is 1. The van der Waals surface area contributed by atoms with Gasteiger partial charge in [0.05, 0.1) is 6.42 Å². The van der Waals surface area contributed by atoms with Gasteiger partial charge in [-0.15, -0.1) is 0 Å². The van der Waals surface area contributed by atoms with Crippen LogP contribution in [-0.2, 0) is 11.2 Å². The van der Waals surface area contributed by atoms with Gasteiger partial charge in [-0.25, -0.2) is 4.79 Å². The lowest BCUT2D eigenvalue weighted by Crippen LogP contribution is -2.44. The second-order valence-electron chi connectivity index (χ2n) is 5.45. The van der Waals surface area contributed by atoms with Crippen LogP contribution in [0.1, 0.15) is 31.7 Å². The molecule has 114 valence electrons. The van der Waals surface area contributed by atoms with Crippen LogP contribution in [0.4, 0.5) is 10.5 Å². The van der Waals surface area contributed by atoms with Crippen molar-refractivity contribution in [3.63, 3.8) is 0 Å². The lowest BCUT2D eigenvalue weighted by atomic mass is 10.1. The summed E-state index contributed by atoms with van der Waals surface area (Å²) in [5.74, 6) is -0.852. The van der Waals surface area contributed by atoms with Gasteiger partial charge in [-0.05, 0) is 37.0 Å². The van der Waals surface area contributed by atoms with Gasteiger partial charge in [0.25, 0.3) is 0 Å². The standard InChI is InChI=1S/C16H22N2O3/c1-3-12-6-8-13(9-7-12)17(2)16(21)18-10-4-5-14(18)11-15(19)20/h6-9,14H,3-5,10-11H2,1-2H3,(H,19,20). The molecule has 0 aliphatic carbocycles. The van der Waals surface area contributed by atoms with Gasteiger partial charge < -0.3 is 10.0 Å². The molecule has 1 aromatic rings. The van der Waals surface area contributed by atoms with E-state index in [1.807, 2.05) is 24.3 Å². The molecule has 2 amide bonds. The predicted octanol–water partition coefficient (Wildman–Crippen LogP) is 2.74. The quantitative estimate of drug-likeness (QED) is 0.927. The van der Waals surface area contributed by atoms with Crippen LogP contribution in [0.15, 0.2) is 24.3 Å². The number of carbonyl (C=O) groups excluding carboxylic acids is 1. The summed E-state index contributed by atoms with van der Waals surface area (Å²) in [6.07, 6.45) is 2.62. The van der Waals surface area contributed by atoms with Crippen molar-refractivity contribution in [3.05, 3.63) is 29.8 Å². The maximum absolute atomic E-state index is 12.6. The first-order valence-corrected chi connectivity index (χ1v) is 7.38. The van der Waals surface area contributed by atoms with Crippen LogP contribution in [0.5, 0.6) is 0 Å². The summed E-state index contributed by atoms with van der Waals surface area (Å²) in [5.41, 5.74) is 2.06. The van der Waals surface area contributed by atoms with Crippen LogP contribution >= 0.6 is 0 Å². The largest absolute Gasteiger partial charge is 0.481 e. The molecule has 1 N–H and O–H groups in total. The van der Waals surface area contributed by atoms with Crippen molar-refractivity contribution in [2.75, 3.05) is 18.5 Å². The van der Waals surface area contributed by atoms with E-state index in [0.29, 0.717) is 6.54 Å². The molecule has 21 heavy (non-hydrogen) atoms. The van der Waals surface area contributed by atoms with Gasteiger partial charge >= 0.3 is 12.0 Å². The van der Waals surface area contributed by atoms with Crippen LogP contribution < -0.4 is 4.90 Å². The Kier molecular flexibility index (Phi) is 4.83. The van der Waals surface area contributed by atoms with Gasteiger partial charge in [-0.3, -0.25) is 9.69 Å². The topological polar surface area (TPSA) is 60.9 Å². The van der Waals surface area contributed by atoms with E-state index in [-0.39, 0.29) is 18.5 Å². The number of rotatable bonds is 4. The molecule has 5 heteroatoms. The van der Waals surface area contributed by atoms with Crippen molar-refractivity contribution in [1.82, 2.24) is 4.90 Å². The Bertz CT molecular complexity index is 513. The maximum atomic E-state index is 12.6. The third-order valence-corrected chi connectivity index (χ3v) is 4.05. The van der Waals surface area contributed by atoms with Crippen LogP contribution in [0, 0.1) is 0 Å². The van der Waals surface area contributed by atoms with Gasteiger partial charge in [0, 0.05) is 25.3 Å². The number of likely N-dealkylation sites (tertiary alicyclic amines) is 1. The minimum atomic E-state index is -0.852. The van der Waals surface area contributed by atoms with E-state index in [1.54, 1.807) is 16.8 Å². The number of hydrogen-bond acceptors (Lipinski definition) is 2. The van der Waals surface area contributed by atoms with Gasteiger partial charge in [-0.1, -0.05) is 19.1 Å². The molecule has 1 aliphatic heterocycles. The molecule has 1 saturated heterocycles. The highest BCUT2D eigenvalue weighted by Gasteiger charge is 2.32. The van der Waals surface area contributed by atoms with Gasteiger partial charge in [0.1, 0.15) is 0 Å². The fourth-order valence-electron chi connectivity index (χ4n) is 2.76. The molecule has 0 aromatic heterocycles. The molecule has 0 bridgehead atoms. The van der Waals surface area contributed by atoms with Crippen molar-refractivity contribution in [2.24, 2.45) is 0 Å². The number of aryl methyl sites for hydroxylation is 1. The summed E-state index contributed by atoms with van der Waals surface area (Å²) < 4.78 is 0. The molecule has 0 radical (unpaired) electrons. The number of benzene rings is 1. The second-order valence-corrected chi connectivity index (χ2v) is 5.45. The zero-order chi connectivity index (χ0) is 15.4. The Morgan fingerprint density at radius 1 is 1.33 bits per heavy atom. The molecule has 1 aliphatic rings. The first-order valence-electron chi connectivity index (χ1n) is 7.38. The van der Waals surface area contributed by atoms with E-state index in [9.17, 15) is 9.59 Å². The first kappa shape index (κ1) is 15.4. The number of urea groups is 1. The molecule has 0 spiro atoms. The number of anilines is 1. The average molecular weight is 290 g/mol. The number of hydrogen-bond donors (Lipinski definition) is 1. The van der Waals surface area contributed by atoms with Crippen LogP contribution in [-0.4, -0.2) is 41.6 Å². The average Bonchev–Trinajstić information content (AvgIpc) is 2.93. The van der Waals surface area contributed by atoms with Crippen LogP contribution in [0.3, 0.4) is 0 Å². The summed E-state index contributed by atoms with van der Waals surface area (Å²) >= 11 is 0. The Labute approximate surface area is 125 Å². The summed E-state index contributed by atoms with van der Waals surface area (Å²) in [7, 11) is 1.74. The minimum Gasteiger partial charge on any atom is -0.481 e. The molecule has 1 unspecified atom stereocenters. The van der Waals surface area contributed by atoms with Crippen molar-refractivity contribution < 1.29 is 14.7 Å². The van der Waals surface area contributed by atoms with Crippen molar-refractivity contribution in [3.8, 4) is 0 Å². The highest BCUT2D eigenvalue weighted by molar-refractivity contribution is 5.92. The van der Waals surface area contributed by atoms with Crippen molar-refractivity contribution in [2.45, 2.75) is 38.6 Å². The normalized spacial score (nSPS) is 17.8. The summed E-state index contributed by atoms with van der Waals surface area (Å²) in [6, 6.07) is 7.57. The van der Waals surface area contributed by atoms with E-state index >= 15 is 0 Å². The lowest BCUT2D eigenvalue weighted by molar-refractivity contribution is -0.137. The number of amides is 2. The van der Waals surface area contributed by atoms with E-state index in [4.69, 9.17) is 5.11 Å². The smallest absolute Gasteiger partial charge is 0.324 e. The molecular weight excluding hydrogens is 268 g/mol. The molecule has 1 aromatic carbocycles. The van der Waals surface area contributed by atoms with Crippen molar-refractivity contribution >= 4 is 17.7 Å².